The van der Waals surface area contributed by atoms with Crippen LogP contribution in [-0.2, 0) is 8.85 Å². The second-order valence-electron chi connectivity index (χ2n) is 14.4. The van der Waals surface area contributed by atoms with E-state index in [4.69, 9.17) is 8.85 Å². The molecule has 0 aromatic heterocycles. The Morgan fingerprint density at radius 1 is 0.825 bits per heavy atom. The third kappa shape index (κ3) is 6.99. The molecule has 0 amide bonds. The molecule has 0 spiro atoms. The first-order valence-electron chi connectivity index (χ1n) is 15.0. The minimum atomic E-state index is -2.63. The van der Waals surface area contributed by atoms with Gasteiger partial charge in [0.15, 0.2) is 8.32 Å². The van der Waals surface area contributed by atoms with E-state index in [2.05, 4.69) is 141 Å². The SMILES string of the molecule is C[C@H]1C=C(CO)[C@@](C)(CCCO[Si](C)(C)C(C)(C)C)C=C1CO[Si](c1ccccc1)(c1ccccc1)C(C)(C)C. The Kier molecular flexibility index (Phi) is 10.3. The number of benzene rings is 2. The lowest BCUT2D eigenvalue weighted by Gasteiger charge is -2.44. The van der Waals surface area contributed by atoms with Gasteiger partial charge in [-0.3, -0.25) is 0 Å². The van der Waals surface area contributed by atoms with E-state index in [0.717, 1.165) is 25.0 Å². The Morgan fingerprint density at radius 3 is 1.80 bits per heavy atom. The third-order valence-corrected chi connectivity index (χ3v) is 18.9. The van der Waals surface area contributed by atoms with Gasteiger partial charge in [-0.2, -0.15) is 0 Å². The van der Waals surface area contributed by atoms with Crippen molar-refractivity contribution in [1.82, 2.24) is 0 Å². The lowest BCUT2D eigenvalue weighted by molar-refractivity contribution is 0.245. The fourth-order valence-electron chi connectivity index (χ4n) is 5.81. The van der Waals surface area contributed by atoms with Crippen LogP contribution < -0.4 is 10.4 Å². The Hall–Kier alpha value is -1.77. The third-order valence-electron chi connectivity index (χ3n) is 9.43. The first-order valence-corrected chi connectivity index (χ1v) is 19.8. The van der Waals surface area contributed by atoms with Gasteiger partial charge in [-0.15, -0.1) is 0 Å². The first-order chi connectivity index (χ1) is 18.6. The van der Waals surface area contributed by atoms with E-state index in [1.807, 2.05) is 0 Å². The van der Waals surface area contributed by atoms with Crippen LogP contribution in [0.5, 0.6) is 0 Å². The van der Waals surface area contributed by atoms with Crippen LogP contribution in [0.25, 0.3) is 0 Å². The van der Waals surface area contributed by atoms with Crippen LogP contribution >= 0.6 is 0 Å². The van der Waals surface area contributed by atoms with Crippen LogP contribution in [0.1, 0.15) is 68.2 Å². The van der Waals surface area contributed by atoms with Gasteiger partial charge < -0.3 is 14.0 Å². The summed E-state index contributed by atoms with van der Waals surface area (Å²) in [6.45, 7) is 24.4. The van der Waals surface area contributed by atoms with E-state index >= 15 is 0 Å². The van der Waals surface area contributed by atoms with Gasteiger partial charge in [-0.1, -0.05) is 128 Å². The van der Waals surface area contributed by atoms with Gasteiger partial charge in [0, 0.05) is 12.0 Å². The molecule has 0 heterocycles. The molecule has 1 N–H and O–H groups in total. The molecule has 1 aliphatic rings. The van der Waals surface area contributed by atoms with Crippen molar-refractivity contribution >= 4 is 27.0 Å². The maximum absolute atomic E-state index is 10.3. The van der Waals surface area contributed by atoms with Crippen molar-refractivity contribution in [2.45, 2.75) is 91.4 Å². The van der Waals surface area contributed by atoms with Crippen molar-refractivity contribution in [3.8, 4) is 0 Å². The Bertz CT molecular complexity index is 1120. The largest absolute Gasteiger partial charge is 0.417 e. The molecule has 0 saturated carbocycles. The topological polar surface area (TPSA) is 38.7 Å². The molecule has 0 radical (unpaired) electrons. The summed E-state index contributed by atoms with van der Waals surface area (Å²) in [5.41, 5.74) is 2.21. The number of rotatable bonds is 11. The Balaban J connectivity index is 1.90. The van der Waals surface area contributed by atoms with E-state index < -0.39 is 16.6 Å². The molecule has 2 aromatic carbocycles. The van der Waals surface area contributed by atoms with Gasteiger partial charge in [-0.05, 0) is 63.4 Å². The summed E-state index contributed by atoms with van der Waals surface area (Å²) in [5, 5.41) is 13.1. The van der Waals surface area contributed by atoms with Crippen molar-refractivity contribution in [2.75, 3.05) is 19.8 Å². The standard InChI is InChI=1S/C35H54O3Si2/c1-28-24-30(26-36)35(8,22-17-23-37-39(9,10)33(2,3)4)25-29(28)27-38-40(34(5,6)7,31-18-13-11-14-19-31)32-20-15-12-16-21-32/h11-16,18-21,24-25,28,36H,17,22-23,26-27H2,1-10H3/t28-,35-/m0/s1. The van der Waals surface area contributed by atoms with Crippen molar-refractivity contribution in [1.29, 1.82) is 0 Å². The molecule has 3 rings (SSSR count). The second-order valence-corrected chi connectivity index (χ2v) is 23.6. The van der Waals surface area contributed by atoms with E-state index in [1.165, 1.54) is 15.9 Å². The summed E-state index contributed by atoms with van der Waals surface area (Å²) in [5.74, 6) is 0.219. The average molecular weight is 579 g/mol. The van der Waals surface area contributed by atoms with Crippen LogP contribution in [0.2, 0.25) is 23.2 Å². The van der Waals surface area contributed by atoms with Gasteiger partial charge >= 0.3 is 0 Å². The monoisotopic (exact) mass is 578 g/mol. The highest BCUT2D eigenvalue weighted by Gasteiger charge is 2.50. The van der Waals surface area contributed by atoms with E-state index in [9.17, 15) is 5.11 Å². The molecule has 1 aliphatic carbocycles. The molecule has 0 bridgehead atoms. The summed E-state index contributed by atoms with van der Waals surface area (Å²) in [6, 6.07) is 21.7. The molecule has 2 aromatic rings. The van der Waals surface area contributed by atoms with Gasteiger partial charge in [-0.25, -0.2) is 0 Å². The van der Waals surface area contributed by atoms with Gasteiger partial charge in [0.05, 0.1) is 13.2 Å². The zero-order chi connectivity index (χ0) is 29.8. The molecular weight excluding hydrogens is 525 g/mol. The number of hydrogen-bond donors (Lipinski definition) is 1. The highest BCUT2D eigenvalue weighted by molar-refractivity contribution is 6.99. The summed E-state index contributed by atoms with van der Waals surface area (Å²) in [6.07, 6.45) is 6.60. The molecule has 5 heteroatoms. The Morgan fingerprint density at radius 2 is 1.35 bits per heavy atom. The average Bonchev–Trinajstić information content (AvgIpc) is 2.88. The summed E-state index contributed by atoms with van der Waals surface area (Å²) in [4.78, 5) is 0. The molecule has 0 saturated heterocycles. The summed E-state index contributed by atoms with van der Waals surface area (Å²) >= 11 is 0. The molecule has 0 fully saturated rings. The molecule has 0 aliphatic heterocycles. The maximum Gasteiger partial charge on any atom is 0.261 e. The van der Waals surface area contributed by atoms with E-state index in [-0.39, 0.29) is 28.0 Å². The maximum atomic E-state index is 10.3. The molecular formula is C35H54O3Si2. The van der Waals surface area contributed by atoms with Crippen LogP contribution in [0.4, 0.5) is 0 Å². The fraction of sp³-hybridized carbons (Fsp3) is 0.543. The quantitative estimate of drug-likeness (QED) is 0.168. The lowest BCUT2D eigenvalue weighted by atomic mass is 9.71. The molecule has 40 heavy (non-hydrogen) atoms. The molecule has 220 valence electrons. The van der Waals surface area contributed by atoms with Crippen LogP contribution in [-0.4, -0.2) is 41.6 Å². The second kappa shape index (κ2) is 12.6. The van der Waals surface area contributed by atoms with Crippen LogP contribution in [0.3, 0.4) is 0 Å². The predicted octanol–water partition coefficient (Wildman–Crippen LogP) is 7.87. The van der Waals surface area contributed by atoms with E-state index in [1.54, 1.807) is 0 Å². The van der Waals surface area contributed by atoms with Gasteiger partial charge in [0.1, 0.15) is 0 Å². The normalized spacial score (nSPS) is 20.7. The first kappa shape index (κ1) is 32.7. The van der Waals surface area contributed by atoms with Gasteiger partial charge in [0.25, 0.3) is 8.32 Å². The minimum Gasteiger partial charge on any atom is -0.417 e. The summed E-state index contributed by atoms with van der Waals surface area (Å²) < 4.78 is 13.8. The van der Waals surface area contributed by atoms with Crippen molar-refractivity contribution in [2.24, 2.45) is 11.3 Å². The van der Waals surface area contributed by atoms with Gasteiger partial charge in [0.2, 0.25) is 0 Å². The highest BCUT2D eigenvalue weighted by atomic mass is 28.4. The Labute approximate surface area is 247 Å². The van der Waals surface area contributed by atoms with Crippen LogP contribution in [0, 0.1) is 11.3 Å². The minimum absolute atomic E-state index is 0.0648. The van der Waals surface area contributed by atoms with Crippen molar-refractivity contribution in [3.05, 3.63) is 84.0 Å². The predicted molar refractivity (Wildman–Crippen MR) is 176 cm³/mol. The van der Waals surface area contributed by atoms with Crippen LogP contribution in [0.15, 0.2) is 84.0 Å². The zero-order valence-corrected chi connectivity index (χ0v) is 28.8. The molecule has 3 nitrogen and oxygen atoms in total. The van der Waals surface area contributed by atoms with E-state index in [0.29, 0.717) is 6.61 Å². The number of hydrogen-bond acceptors (Lipinski definition) is 3. The molecule has 0 unspecified atom stereocenters. The number of aliphatic hydroxyl groups is 1. The zero-order valence-electron chi connectivity index (χ0n) is 26.8. The highest BCUT2D eigenvalue weighted by Crippen LogP contribution is 2.43. The summed E-state index contributed by atoms with van der Waals surface area (Å²) in [7, 11) is -4.41. The van der Waals surface area contributed by atoms with Crippen molar-refractivity contribution < 1.29 is 14.0 Å². The number of aliphatic hydroxyl groups excluding tert-OH is 1. The lowest BCUT2D eigenvalue weighted by Crippen LogP contribution is -2.66. The van der Waals surface area contributed by atoms with Crippen molar-refractivity contribution in [3.63, 3.8) is 0 Å². The number of allylic oxidation sites excluding steroid dienone is 2. The molecule has 2 atom stereocenters. The smallest absolute Gasteiger partial charge is 0.261 e. The fourth-order valence-corrected chi connectivity index (χ4v) is 11.4.